The minimum atomic E-state index is -0.741. The fraction of sp³-hybridized carbons (Fsp3) is 0.250. The van der Waals surface area contributed by atoms with Crippen LogP contribution < -0.4 is 14.2 Å². The van der Waals surface area contributed by atoms with Gasteiger partial charge in [-0.2, -0.15) is 0 Å². The van der Waals surface area contributed by atoms with E-state index in [1.54, 1.807) is 31.2 Å². The lowest BCUT2D eigenvalue weighted by Crippen LogP contribution is -1.97. The number of halogens is 1. The molecule has 2 aromatic rings. The Morgan fingerprint density at radius 1 is 1.00 bits per heavy atom. The molecule has 0 amide bonds. The molecule has 5 heteroatoms. The van der Waals surface area contributed by atoms with Gasteiger partial charge in [-0.25, -0.2) is 4.39 Å². The summed E-state index contributed by atoms with van der Waals surface area (Å²) in [7, 11) is 2.99. The van der Waals surface area contributed by atoms with E-state index in [1.807, 2.05) is 0 Å². The average molecular weight is 292 g/mol. The van der Waals surface area contributed by atoms with Gasteiger partial charge in [-0.1, -0.05) is 12.1 Å². The quantitative estimate of drug-likeness (QED) is 0.913. The van der Waals surface area contributed by atoms with Crippen molar-refractivity contribution in [3.05, 3.63) is 47.8 Å². The first-order valence-corrected chi connectivity index (χ1v) is 6.43. The van der Waals surface area contributed by atoms with Crippen molar-refractivity contribution in [2.45, 2.75) is 13.0 Å². The van der Waals surface area contributed by atoms with E-state index in [2.05, 4.69) is 0 Å². The van der Waals surface area contributed by atoms with Crippen molar-refractivity contribution < 1.29 is 23.7 Å². The summed E-state index contributed by atoms with van der Waals surface area (Å²) in [6.45, 7) is 1.57. The average Bonchev–Trinajstić information content (AvgIpc) is 2.49. The first-order chi connectivity index (χ1) is 10.1. The van der Waals surface area contributed by atoms with Crippen molar-refractivity contribution in [1.29, 1.82) is 0 Å². The van der Waals surface area contributed by atoms with Crippen LogP contribution in [0.4, 0.5) is 4.39 Å². The zero-order valence-corrected chi connectivity index (χ0v) is 12.1. The molecule has 2 rings (SSSR count). The first kappa shape index (κ1) is 15.1. The van der Waals surface area contributed by atoms with Crippen molar-refractivity contribution in [3.63, 3.8) is 0 Å². The number of methoxy groups -OCH3 is 2. The molecule has 1 atom stereocenters. The molecule has 112 valence electrons. The fourth-order valence-electron chi connectivity index (χ4n) is 1.89. The molecule has 0 aromatic heterocycles. The van der Waals surface area contributed by atoms with Gasteiger partial charge in [0.15, 0.2) is 23.1 Å². The zero-order valence-electron chi connectivity index (χ0n) is 12.1. The lowest BCUT2D eigenvalue weighted by molar-refractivity contribution is 0.198. The Bertz CT molecular complexity index is 603. The third-order valence-corrected chi connectivity index (χ3v) is 3.03. The minimum absolute atomic E-state index is 0.0298. The maximum atomic E-state index is 14.0. The third kappa shape index (κ3) is 3.25. The number of hydrogen-bond acceptors (Lipinski definition) is 4. The van der Waals surface area contributed by atoms with Crippen LogP contribution in [0, 0.1) is 5.82 Å². The van der Waals surface area contributed by atoms with Gasteiger partial charge in [-0.05, 0) is 36.8 Å². The molecule has 2 aromatic carbocycles. The molecule has 4 nitrogen and oxygen atoms in total. The van der Waals surface area contributed by atoms with E-state index in [9.17, 15) is 9.50 Å². The van der Waals surface area contributed by atoms with Crippen molar-refractivity contribution >= 4 is 0 Å². The van der Waals surface area contributed by atoms with Gasteiger partial charge in [-0.3, -0.25) is 0 Å². The predicted molar refractivity (Wildman–Crippen MR) is 76.7 cm³/mol. The van der Waals surface area contributed by atoms with Gasteiger partial charge in [0.1, 0.15) is 0 Å². The van der Waals surface area contributed by atoms with E-state index in [4.69, 9.17) is 14.2 Å². The fourth-order valence-corrected chi connectivity index (χ4v) is 1.89. The molecule has 0 aliphatic rings. The van der Waals surface area contributed by atoms with E-state index < -0.39 is 11.9 Å². The van der Waals surface area contributed by atoms with Gasteiger partial charge in [-0.15, -0.1) is 0 Å². The highest BCUT2D eigenvalue weighted by Gasteiger charge is 2.15. The lowest BCUT2D eigenvalue weighted by atomic mass is 10.1. The summed E-state index contributed by atoms with van der Waals surface area (Å²) < 4.78 is 30.0. The molecule has 0 saturated heterocycles. The van der Waals surface area contributed by atoms with E-state index in [0.29, 0.717) is 22.8 Å². The minimum Gasteiger partial charge on any atom is -0.493 e. The lowest BCUT2D eigenvalue weighted by Gasteiger charge is -2.15. The van der Waals surface area contributed by atoms with Gasteiger partial charge in [0, 0.05) is 0 Å². The number of para-hydroxylation sites is 1. The van der Waals surface area contributed by atoms with Crippen LogP contribution in [0.2, 0.25) is 0 Å². The van der Waals surface area contributed by atoms with Gasteiger partial charge in [0.25, 0.3) is 0 Å². The molecule has 0 heterocycles. The van der Waals surface area contributed by atoms with Gasteiger partial charge >= 0.3 is 0 Å². The van der Waals surface area contributed by atoms with Crippen LogP contribution in [0.3, 0.4) is 0 Å². The second-order valence-electron chi connectivity index (χ2n) is 4.46. The second kappa shape index (κ2) is 6.45. The number of hydrogen-bond donors (Lipinski definition) is 1. The summed E-state index contributed by atoms with van der Waals surface area (Å²) in [6.07, 6.45) is -0.741. The highest BCUT2D eigenvalue weighted by Crippen LogP contribution is 2.40. The maximum absolute atomic E-state index is 14.0. The summed E-state index contributed by atoms with van der Waals surface area (Å²) in [5, 5.41) is 9.45. The Labute approximate surface area is 122 Å². The topological polar surface area (TPSA) is 47.9 Å². The molecule has 0 bridgehead atoms. The molecular weight excluding hydrogens is 275 g/mol. The molecule has 0 fully saturated rings. The Morgan fingerprint density at radius 2 is 1.62 bits per heavy atom. The molecular formula is C16H17FO4. The molecule has 0 saturated carbocycles. The number of rotatable bonds is 5. The summed E-state index contributed by atoms with van der Waals surface area (Å²) in [4.78, 5) is 0. The van der Waals surface area contributed by atoms with Crippen molar-refractivity contribution in [3.8, 4) is 23.0 Å². The Morgan fingerprint density at radius 3 is 2.10 bits per heavy atom. The molecule has 1 unspecified atom stereocenters. The van der Waals surface area contributed by atoms with E-state index in [-0.39, 0.29) is 5.75 Å². The Balaban J connectivity index is 2.38. The van der Waals surface area contributed by atoms with E-state index in [0.717, 1.165) is 0 Å². The summed E-state index contributed by atoms with van der Waals surface area (Å²) in [6, 6.07) is 9.44. The summed E-state index contributed by atoms with van der Waals surface area (Å²) in [5.74, 6) is 0.636. The molecule has 1 N–H and O–H groups in total. The zero-order chi connectivity index (χ0) is 15.4. The van der Waals surface area contributed by atoms with Crippen LogP contribution in [0.15, 0.2) is 36.4 Å². The monoisotopic (exact) mass is 292 g/mol. The second-order valence-corrected chi connectivity index (χ2v) is 4.46. The maximum Gasteiger partial charge on any atom is 0.211 e. The SMILES string of the molecule is COc1cccc(OC)c1Oc1ccc(C(C)O)cc1F. The normalized spacial score (nSPS) is 11.9. The molecule has 0 aliphatic carbocycles. The van der Waals surface area contributed by atoms with Crippen molar-refractivity contribution in [2.75, 3.05) is 14.2 Å². The largest absolute Gasteiger partial charge is 0.493 e. The van der Waals surface area contributed by atoms with Gasteiger partial charge in [0.2, 0.25) is 5.75 Å². The molecule has 21 heavy (non-hydrogen) atoms. The van der Waals surface area contributed by atoms with Crippen LogP contribution in [-0.4, -0.2) is 19.3 Å². The third-order valence-electron chi connectivity index (χ3n) is 3.03. The van der Waals surface area contributed by atoms with Crippen LogP contribution >= 0.6 is 0 Å². The number of aliphatic hydroxyl groups excluding tert-OH is 1. The Kier molecular flexibility index (Phi) is 4.65. The molecule has 0 radical (unpaired) electrons. The summed E-state index contributed by atoms with van der Waals surface area (Å²) >= 11 is 0. The number of aliphatic hydroxyl groups is 1. The van der Waals surface area contributed by atoms with Crippen molar-refractivity contribution in [1.82, 2.24) is 0 Å². The van der Waals surface area contributed by atoms with Gasteiger partial charge < -0.3 is 19.3 Å². The number of ether oxygens (including phenoxy) is 3. The summed E-state index contributed by atoms with van der Waals surface area (Å²) in [5.41, 5.74) is 0.479. The Hall–Kier alpha value is -2.27. The smallest absolute Gasteiger partial charge is 0.211 e. The van der Waals surface area contributed by atoms with Crippen LogP contribution in [0.5, 0.6) is 23.0 Å². The van der Waals surface area contributed by atoms with Crippen LogP contribution in [-0.2, 0) is 0 Å². The standard InChI is InChI=1S/C16H17FO4/c1-10(18)11-7-8-13(12(17)9-11)21-16-14(19-2)5-4-6-15(16)20-3/h4-10,18H,1-3H3. The predicted octanol–water partition coefficient (Wildman–Crippen LogP) is 3.69. The van der Waals surface area contributed by atoms with Crippen molar-refractivity contribution in [2.24, 2.45) is 0 Å². The molecule has 0 spiro atoms. The first-order valence-electron chi connectivity index (χ1n) is 6.43. The van der Waals surface area contributed by atoms with Crippen LogP contribution in [0.1, 0.15) is 18.6 Å². The molecule has 0 aliphatic heterocycles. The van der Waals surface area contributed by atoms with E-state index in [1.165, 1.54) is 26.4 Å². The van der Waals surface area contributed by atoms with E-state index >= 15 is 0 Å². The van der Waals surface area contributed by atoms with Gasteiger partial charge in [0.05, 0.1) is 20.3 Å². The number of benzene rings is 2. The van der Waals surface area contributed by atoms with Crippen LogP contribution in [0.25, 0.3) is 0 Å². The highest BCUT2D eigenvalue weighted by atomic mass is 19.1. The highest BCUT2D eigenvalue weighted by molar-refractivity contribution is 5.53.